The second-order valence-corrected chi connectivity index (χ2v) is 7.90. The molecule has 6 heteroatoms. The quantitative estimate of drug-likeness (QED) is 0.565. The normalized spacial score (nSPS) is 20.7. The SMILES string of the molecule is COCCCOc1cc(C[C@@H](C[C@@H]2NC(=O)CC[C@@H]2O)C(C)C)ccc1OC. The average molecular weight is 394 g/mol. The zero-order valence-corrected chi connectivity index (χ0v) is 17.6. The minimum atomic E-state index is -0.463. The van der Waals surface area contributed by atoms with Crippen LogP contribution in [0.15, 0.2) is 18.2 Å². The molecule has 1 aliphatic rings. The van der Waals surface area contributed by atoms with E-state index < -0.39 is 6.10 Å². The van der Waals surface area contributed by atoms with E-state index in [1.165, 1.54) is 0 Å². The van der Waals surface area contributed by atoms with Crippen molar-refractivity contribution >= 4 is 5.91 Å². The number of carbonyl (C=O) groups is 1. The lowest BCUT2D eigenvalue weighted by Gasteiger charge is -2.33. The topological polar surface area (TPSA) is 77.0 Å². The number of methoxy groups -OCH3 is 2. The van der Waals surface area contributed by atoms with Crippen molar-refractivity contribution in [3.8, 4) is 11.5 Å². The van der Waals surface area contributed by atoms with E-state index in [9.17, 15) is 9.90 Å². The van der Waals surface area contributed by atoms with Crippen molar-refractivity contribution < 1.29 is 24.1 Å². The maximum Gasteiger partial charge on any atom is 0.220 e. The zero-order chi connectivity index (χ0) is 20.5. The van der Waals surface area contributed by atoms with Gasteiger partial charge in [-0.2, -0.15) is 0 Å². The predicted octanol–water partition coefficient (Wildman–Crippen LogP) is 2.95. The molecule has 0 saturated carbocycles. The molecule has 0 bridgehead atoms. The van der Waals surface area contributed by atoms with Crippen molar-refractivity contribution in [2.45, 2.75) is 58.1 Å². The average Bonchev–Trinajstić information content (AvgIpc) is 2.67. The molecule has 1 aromatic rings. The summed E-state index contributed by atoms with van der Waals surface area (Å²) in [4.78, 5) is 11.7. The van der Waals surface area contributed by atoms with Crippen LogP contribution in [0.5, 0.6) is 11.5 Å². The summed E-state index contributed by atoms with van der Waals surface area (Å²) in [5.74, 6) is 2.27. The number of hydrogen-bond donors (Lipinski definition) is 2. The molecule has 0 aromatic heterocycles. The van der Waals surface area contributed by atoms with Crippen LogP contribution < -0.4 is 14.8 Å². The van der Waals surface area contributed by atoms with E-state index in [4.69, 9.17) is 14.2 Å². The molecular formula is C22H35NO5. The predicted molar refractivity (Wildman–Crippen MR) is 109 cm³/mol. The van der Waals surface area contributed by atoms with Gasteiger partial charge in [-0.15, -0.1) is 0 Å². The molecule has 1 aliphatic heterocycles. The Hall–Kier alpha value is -1.79. The molecule has 6 nitrogen and oxygen atoms in total. The van der Waals surface area contributed by atoms with Crippen LogP contribution in [0.3, 0.4) is 0 Å². The first-order chi connectivity index (χ1) is 13.4. The third kappa shape index (κ3) is 6.67. The second kappa shape index (κ2) is 11.3. The van der Waals surface area contributed by atoms with E-state index in [2.05, 4.69) is 25.2 Å². The largest absolute Gasteiger partial charge is 0.493 e. The van der Waals surface area contributed by atoms with E-state index in [1.54, 1.807) is 14.2 Å². The highest BCUT2D eigenvalue weighted by molar-refractivity contribution is 5.77. The van der Waals surface area contributed by atoms with E-state index in [1.807, 2.05) is 12.1 Å². The maximum absolute atomic E-state index is 11.7. The first-order valence-corrected chi connectivity index (χ1v) is 10.2. The molecule has 0 unspecified atom stereocenters. The van der Waals surface area contributed by atoms with Gasteiger partial charge in [0.25, 0.3) is 0 Å². The first kappa shape index (κ1) is 22.5. The van der Waals surface area contributed by atoms with Gasteiger partial charge in [0, 0.05) is 26.6 Å². The highest BCUT2D eigenvalue weighted by Gasteiger charge is 2.30. The number of benzene rings is 1. The number of aliphatic hydroxyl groups is 1. The van der Waals surface area contributed by atoms with Crippen LogP contribution in [0.2, 0.25) is 0 Å². The fourth-order valence-corrected chi connectivity index (χ4v) is 3.64. The molecule has 1 aromatic carbocycles. The number of rotatable bonds is 11. The fourth-order valence-electron chi connectivity index (χ4n) is 3.64. The van der Waals surface area contributed by atoms with Crippen LogP contribution >= 0.6 is 0 Å². The lowest BCUT2D eigenvalue weighted by Crippen LogP contribution is -2.49. The monoisotopic (exact) mass is 393 g/mol. The Kier molecular flexibility index (Phi) is 9.06. The van der Waals surface area contributed by atoms with E-state index in [0.717, 1.165) is 36.3 Å². The van der Waals surface area contributed by atoms with Crippen LogP contribution in [0.4, 0.5) is 0 Å². The summed E-state index contributed by atoms with van der Waals surface area (Å²) in [6.45, 7) is 5.61. The lowest BCUT2D eigenvalue weighted by molar-refractivity contribution is -0.126. The summed E-state index contributed by atoms with van der Waals surface area (Å²) in [6, 6.07) is 5.87. The molecule has 0 aliphatic carbocycles. The molecule has 1 fully saturated rings. The van der Waals surface area contributed by atoms with Gasteiger partial charge >= 0.3 is 0 Å². The van der Waals surface area contributed by atoms with Crippen molar-refractivity contribution in [3.05, 3.63) is 23.8 Å². The van der Waals surface area contributed by atoms with Gasteiger partial charge in [-0.05, 0) is 48.8 Å². The molecule has 0 radical (unpaired) electrons. The number of hydrogen-bond acceptors (Lipinski definition) is 5. The maximum atomic E-state index is 11.7. The van der Waals surface area contributed by atoms with Crippen LogP contribution in [0.25, 0.3) is 0 Å². The van der Waals surface area contributed by atoms with Gasteiger partial charge in [0.15, 0.2) is 11.5 Å². The summed E-state index contributed by atoms with van der Waals surface area (Å²) < 4.78 is 16.4. The molecule has 2 rings (SSSR count). The number of piperidine rings is 1. The number of aliphatic hydroxyl groups excluding tert-OH is 1. The molecule has 0 spiro atoms. The van der Waals surface area contributed by atoms with Crippen LogP contribution in [0, 0.1) is 11.8 Å². The zero-order valence-electron chi connectivity index (χ0n) is 17.6. The third-order valence-electron chi connectivity index (χ3n) is 5.45. The Morgan fingerprint density at radius 3 is 2.68 bits per heavy atom. The van der Waals surface area contributed by atoms with Crippen molar-refractivity contribution in [2.75, 3.05) is 27.4 Å². The summed E-state index contributed by atoms with van der Waals surface area (Å²) in [5.41, 5.74) is 1.16. The first-order valence-electron chi connectivity index (χ1n) is 10.2. The molecule has 158 valence electrons. The fraction of sp³-hybridized carbons (Fsp3) is 0.682. The molecule has 1 amide bonds. The van der Waals surface area contributed by atoms with E-state index in [-0.39, 0.29) is 11.9 Å². The third-order valence-corrected chi connectivity index (χ3v) is 5.45. The Labute approximate surface area is 168 Å². The minimum Gasteiger partial charge on any atom is -0.493 e. The molecule has 1 heterocycles. The number of nitrogens with one attached hydrogen (secondary N) is 1. The highest BCUT2D eigenvalue weighted by atomic mass is 16.5. The molecule has 2 N–H and O–H groups in total. The van der Waals surface area contributed by atoms with Gasteiger partial charge < -0.3 is 24.6 Å². The standard InChI is InChI=1S/C22H35NO5/c1-15(2)17(14-18-19(24)7-9-22(25)23-18)12-16-6-8-20(27-4)21(13-16)28-11-5-10-26-3/h6,8,13,15,17-19,24H,5,7,9-12,14H2,1-4H3,(H,23,25)/t17-,18-,19-/m0/s1. The van der Waals surface area contributed by atoms with Gasteiger partial charge in [-0.1, -0.05) is 19.9 Å². The number of carbonyl (C=O) groups excluding carboxylic acids is 1. The minimum absolute atomic E-state index is 0.0361. The summed E-state index contributed by atoms with van der Waals surface area (Å²) in [7, 11) is 3.32. The Morgan fingerprint density at radius 1 is 1.21 bits per heavy atom. The van der Waals surface area contributed by atoms with Crippen molar-refractivity contribution in [3.63, 3.8) is 0 Å². The van der Waals surface area contributed by atoms with Gasteiger partial charge in [0.05, 0.1) is 25.9 Å². The van der Waals surface area contributed by atoms with Crippen molar-refractivity contribution in [2.24, 2.45) is 11.8 Å². The summed E-state index contributed by atoms with van der Waals surface area (Å²) in [5, 5.41) is 13.2. The number of amides is 1. The molecular weight excluding hydrogens is 358 g/mol. The Balaban J connectivity index is 2.05. The Bertz CT molecular complexity index is 619. The van der Waals surface area contributed by atoms with E-state index >= 15 is 0 Å². The van der Waals surface area contributed by atoms with E-state index in [0.29, 0.717) is 37.9 Å². The summed E-state index contributed by atoms with van der Waals surface area (Å²) >= 11 is 0. The lowest BCUT2D eigenvalue weighted by atomic mass is 9.81. The van der Waals surface area contributed by atoms with Crippen molar-refractivity contribution in [1.82, 2.24) is 5.32 Å². The van der Waals surface area contributed by atoms with Gasteiger partial charge in [-0.25, -0.2) is 0 Å². The van der Waals surface area contributed by atoms with Crippen LogP contribution in [-0.4, -0.2) is 50.6 Å². The Morgan fingerprint density at radius 2 is 2.00 bits per heavy atom. The smallest absolute Gasteiger partial charge is 0.220 e. The van der Waals surface area contributed by atoms with Gasteiger partial charge in [0.2, 0.25) is 5.91 Å². The second-order valence-electron chi connectivity index (χ2n) is 7.90. The van der Waals surface area contributed by atoms with Gasteiger partial charge in [-0.3, -0.25) is 4.79 Å². The molecule has 1 saturated heterocycles. The molecule has 28 heavy (non-hydrogen) atoms. The highest BCUT2D eigenvalue weighted by Crippen LogP contribution is 2.31. The van der Waals surface area contributed by atoms with Gasteiger partial charge in [0.1, 0.15) is 0 Å². The molecule has 3 atom stereocenters. The van der Waals surface area contributed by atoms with Crippen LogP contribution in [-0.2, 0) is 16.0 Å². The number of ether oxygens (including phenoxy) is 3. The van der Waals surface area contributed by atoms with Crippen molar-refractivity contribution in [1.29, 1.82) is 0 Å². The van der Waals surface area contributed by atoms with Crippen LogP contribution in [0.1, 0.15) is 45.1 Å². The summed E-state index contributed by atoms with van der Waals surface area (Å²) in [6.07, 6.45) is 2.93.